The molecule has 1 aromatic carbocycles. The molecule has 0 N–H and O–H groups in total. The number of carbonyl (C=O) groups is 1. The molecule has 0 saturated carbocycles. The second kappa shape index (κ2) is 9.09. The number of hydrogen-bond acceptors (Lipinski definition) is 6. The van der Waals surface area contributed by atoms with Crippen LogP contribution in [-0.4, -0.2) is 32.4 Å². The average Bonchev–Trinajstić information content (AvgIpc) is 3.36. The molecule has 1 atom stereocenters. The fourth-order valence-electron chi connectivity index (χ4n) is 3.16. The largest absolute Gasteiger partial charge is 0.467 e. The number of nitrogens with zero attached hydrogens (tertiary/aromatic N) is 4. The van der Waals surface area contributed by atoms with Crippen LogP contribution < -0.4 is 0 Å². The number of pyridine rings is 1. The minimum Gasteiger partial charge on any atom is -0.467 e. The van der Waals surface area contributed by atoms with Crippen LogP contribution >= 0.6 is 11.8 Å². The van der Waals surface area contributed by atoms with E-state index >= 15 is 0 Å². The third-order valence-corrected chi connectivity index (χ3v) is 6.11. The van der Waals surface area contributed by atoms with Crippen molar-refractivity contribution in [3.63, 3.8) is 0 Å². The Kier molecular flexibility index (Phi) is 6.09. The van der Waals surface area contributed by atoms with Gasteiger partial charge in [-0.25, -0.2) is 0 Å². The molecule has 6 nitrogen and oxygen atoms in total. The molecule has 0 unspecified atom stereocenters. The highest BCUT2D eigenvalue weighted by Crippen LogP contribution is 2.31. The molecule has 3 aromatic rings. The van der Waals surface area contributed by atoms with Gasteiger partial charge in [0, 0.05) is 18.0 Å². The summed E-state index contributed by atoms with van der Waals surface area (Å²) >= 11 is 1.44. The molecule has 4 rings (SSSR count). The number of thioether (sulfide) groups is 1. The fraction of sp³-hybridized carbons (Fsp3) is 0.217. The zero-order valence-corrected chi connectivity index (χ0v) is 17.7. The Balaban J connectivity index is 1.56. The summed E-state index contributed by atoms with van der Waals surface area (Å²) < 4.78 is 5.44. The summed E-state index contributed by atoms with van der Waals surface area (Å²) in [5.41, 5.74) is 4.46. The molecule has 2 aromatic heterocycles. The minimum absolute atomic E-state index is 0.0185. The second-order valence-corrected chi connectivity index (χ2v) is 8.32. The van der Waals surface area contributed by atoms with Gasteiger partial charge in [0.25, 0.3) is 0 Å². The van der Waals surface area contributed by atoms with E-state index in [1.165, 1.54) is 22.9 Å². The van der Waals surface area contributed by atoms with Crippen molar-refractivity contribution < 1.29 is 9.21 Å². The van der Waals surface area contributed by atoms with Crippen molar-refractivity contribution in [2.45, 2.75) is 32.1 Å². The van der Waals surface area contributed by atoms with E-state index in [2.05, 4.69) is 47.2 Å². The van der Waals surface area contributed by atoms with E-state index in [4.69, 9.17) is 4.42 Å². The second-order valence-electron chi connectivity index (χ2n) is 7.15. The highest BCUT2D eigenvalue weighted by atomic mass is 32.2. The van der Waals surface area contributed by atoms with E-state index in [1.807, 2.05) is 24.3 Å². The van der Waals surface area contributed by atoms with Gasteiger partial charge in [-0.05, 0) is 55.2 Å². The van der Waals surface area contributed by atoms with Crippen LogP contribution in [0.2, 0.25) is 0 Å². The number of carbonyl (C=O) groups excluding carboxylic acids is 1. The number of amidine groups is 1. The van der Waals surface area contributed by atoms with Crippen molar-refractivity contribution in [3.05, 3.63) is 89.1 Å². The van der Waals surface area contributed by atoms with Crippen LogP contribution in [0.25, 0.3) is 0 Å². The maximum Gasteiger partial charge on any atom is 0.242 e. The lowest BCUT2D eigenvalue weighted by atomic mass is 10.0. The molecule has 3 heterocycles. The topological polar surface area (TPSA) is 71.1 Å². The highest BCUT2D eigenvalue weighted by molar-refractivity contribution is 8.15. The number of hydrogen-bond donors (Lipinski definition) is 0. The molecule has 0 aliphatic carbocycles. The summed E-state index contributed by atoms with van der Waals surface area (Å²) in [5.74, 6) is 0.727. The van der Waals surface area contributed by atoms with Crippen molar-refractivity contribution in [2.75, 3.05) is 0 Å². The molecule has 1 aliphatic rings. The van der Waals surface area contributed by atoms with E-state index in [0.717, 1.165) is 11.1 Å². The predicted octanol–water partition coefficient (Wildman–Crippen LogP) is 4.37. The van der Waals surface area contributed by atoms with E-state index in [0.29, 0.717) is 23.9 Å². The van der Waals surface area contributed by atoms with Gasteiger partial charge in [-0.1, -0.05) is 36.0 Å². The molecular formula is C23H22N4O2S. The summed E-state index contributed by atoms with van der Waals surface area (Å²) in [6.07, 6.45) is 7.29. The lowest BCUT2D eigenvalue weighted by Crippen LogP contribution is -2.32. The van der Waals surface area contributed by atoms with Gasteiger partial charge < -0.3 is 4.42 Å². The molecule has 30 heavy (non-hydrogen) atoms. The number of rotatable bonds is 6. The van der Waals surface area contributed by atoms with Gasteiger partial charge in [0.2, 0.25) is 5.91 Å². The zero-order valence-electron chi connectivity index (χ0n) is 16.9. The third kappa shape index (κ3) is 4.68. The summed E-state index contributed by atoms with van der Waals surface area (Å²) in [7, 11) is 0. The Hall–Kier alpha value is -3.19. The molecule has 1 amide bonds. The van der Waals surface area contributed by atoms with Crippen LogP contribution in [0.1, 0.15) is 28.0 Å². The molecule has 0 radical (unpaired) electrons. The molecule has 0 spiro atoms. The molecular weight excluding hydrogens is 396 g/mol. The Morgan fingerprint density at radius 3 is 2.83 bits per heavy atom. The van der Waals surface area contributed by atoms with Crippen LogP contribution in [-0.2, 0) is 17.8 Å². The quantitative estimate of drug-likeness (QED) is 0.440. The molecule has 7 heteroatoms. The smallest absolute Gasteiger partial charge is 0.242 e. The Morgan fingerprint density at radius 1 is 1.20 bits per heavy atom. The van der Waals surface area contributed by atoms with Crippen LogP contribution in [0.4, 0.5) is 0 Å². The van der Waals surface area contributed by atoms with Crippen molar-refractivity contribution in [1.29, 1.82) is 0 Å². The van der Waals surface area contributed by atoms with Gasteiger partial charge in [0.15, 0.2) is 5.17 Å². The van der Waals surface area contributed by atoms with Crippen LogP contribution in [0.5, 0.6) is 0 Å². The highest BCUT2D eigenvalue weighted by Gasteiger charge is 2.38. The summed E-state index contributed by atoms with van der Waals surface area (Å²) in [5, 5.41) is 8.85. The first-order valence-corrected chi connectivity index (χ1v) is 10.6. The number of amides is 1. The minimum atomic E-state index is -0.241. The van der Waals surface area contributed by atoms with Gasteiger partial charge in [0.05, 0.1) is 24.3 Å². The lowest BCUT2D eigenvalue weighted by Gasteiger charge is -2.14. The zero-order chi connectivity index (χ0) is 20.9. The standard InChI is InChI=1S/C23H22N4O2S/c1-16-7-8-18(11-17(16)2)12-21-22(28)27(15-20-6-4-10-29-20)23(30-21)26-25-14-19-5-3-9-24-13-19/h3-11,13-14,21H,12,15H2,1-2H3/b25-14-,26-23-/t21-/m0/s1. The number of aromatic nitrogens is 1. The van der Waals surface area contributed by atoms with Crippen molar-refractivity contribution in [3.8, 4) is 0 Å². The Bertz CT molecular complexity index is 1080. The maximum absolute atomic E-state index is 13.2. The van der Waals surface area contributed by atoms with E-state index in [9.17, 15) is 4.79 Å². The first-order valence-electron chi connectivity index (χ1n) is 9.68. The van der Waals surface area contributed by atoms with Gasteiger partial charge >= 0.3 is 0 Å². The van der Waals surface area contributed by atoms with E-state index < -0.39 is 0 Å². The molecule has 1 fully saturated rings. The molecule has 0 bridgehead atoms. The van der Waals surface area contributed by atoms with Crippen molar-refractivity contribution in [2.24, 2.45) is 10.2 Å². The van der Waals surface area contributed by atoms with Gasteiger partial charge in [-0.2, -0.15) is 5.10 Å². The van der Waals surface area contributed by atoms with Crippen LogP contribution in [0.15, 0.2) is 75.7 Å². The normalized spacial score (nSPS) is 18.1. The Morgan fingerprint density at radius 2 is 2.10 bits per heavy atom. The van der Waals surface area contributed by atoms with Crippen LogP contribution in [0.3, 0.4) is 0 Å². The predicted molar refractivity (Wildman–Crippen MR) is 120 cm³/mol. The number of aryl methyl sites for hydroxylation is 2. The molecule has 1 saturated heterocycles. The van der Waals surface area contributed by atoms with Gasteiger partial charge in [-0.3, -0.25) is 14.7 Å². The monoisotopic (exact) mass is 418 g/mol. The first-order chi connectivity index (χ1) is 14.6. The van der Waals surface area contributed by atoms with Gasteiger partial charge in [-0.15, -0.1) is 5.10 Å². The summed E-state index contributed by atoms with van der Waals surface area (Å²) in [6.45, 7) is 4.51. The maximum atomic E-state index is 13.2. The van der Waals surface area contributed by atoms with Crippen molar-refractivity contribution in [1.82, 2.24) is 9.88 Å². The van der Waals surface area contributed by atoms with Gasteiger partial charge in [0.1, 0.15) is 5.76 Å². The SMILES string of the molecule is Cc1ccc(C[C@@H]2S/C(=N\N=C/c3cccnc3)N(Cc3ccco3)C2=O)cc1C. The van der Waals surface area contributed by atoms with E-state index in [-0.39, 0.29) is 11.2 Å². The average molecular weight is 419 g/mol. The summed E-state index contributed by atoms with van der Waals surface area (Å²) in [4.78, 5) is 18.9. The van der Waals surface area contributed by atoms with E-state index in [1.54, 1.807) is 29.8 Å². The first kappa shape index (κ1) is 20.1. The van der Waals surface area contributed by atoms with Crippen molar-refractivity contribution >= 4 is 29.1 Å². The lowest BCUT2D eigenvalue weighted by molar-refractivity contribution is -0.126. The van der Waals surface area contributed by atoms with Crippen LogP contribution in [0, 0.1) is 13.8 Å². The molecule has 1 aliphatic heterocycles. The summed E-state index contributed by atoms with van der Waals surface area (Å²) in [6, 6.07) is 13.7. The third-order valence-electron chi connectivity index (χ3n) is 4.94. The fourth-order valence-corrected chi connectivity index (χ4v) is 4.30. The Labute approximate surface area is 179 Å². The number of furan rings is 1. The number of benzene rings is 1. The molecule has 152 valence electrons.